The Hall–Kier alpha value is -3.75. The minimum atomic E-state index is -1.12. The topological polar surface area (TPSA) is 115 Å². The van der Waals surface area contributed by atoms with E-state index in [9.17, 15) is 19.1 Å². The van der Waals surface area contributed by atoms with E-state index in [1.54, 1.807) is 39.0 Å². The standard InChI is InChI=1S/C20H18FN5O3/c1-20(2,3)26(19(28)29)18-22-14-7-4-10(8-15(14)23-18)16-13-9-11(21)5-6-12(13)17(27)25-24-16/h4-9H,1-3H3,(H,22,23)(H,25,27)(H,28,29). The Labute approximate surface area is 164 Å². The van der Waals surface area contributed by atoms with Crippen LogP contribution >= 0.6 is 0 Å². The van der Waals surface area contributed by atoms with E-state index in [0.717, 1.165) is 4.90 Å². The van der Waals surface area contributed by atoms with Crippen molar-refractivity contribution in [1.82, 2.24) is 20.2 Å². The largest absolute Gasteiger partial charge is 0.465 e. The maximum absolute atomic E-state index is 13.8. The summed E-state index contributed by atoms with van der Waals surface area (Å²) in [6, 6.07) is 9.08. The van der Waals surface area contributed by atoms with Crippen LogP contribution in [0.25, 0.3) is 33.1 Å². The molecule has 0 atom stereocenters. The quantitative estimate of drug-likeness (QED) is 0.476. The Kier molecular flexibility index (Phi) is 4.11. The minimum Gasteiger partial charge on any atom is -0.465 e. The Morgan fingerprint density at radius 2 is 1.90 bits per heavy atom. The molecule has 0 unspecified atom stereocenters. The van der Waals surface area contributed by atoms with Crippen molar-refractivity contribution in [1.29, 1.82) is 0 Å². The van der Waals surface area contributed by atoms with Crippen molar-refractivity contribution in [3.63, 3.8) is 0 Å². The zero-order valence-electron chi connectivity index (χ0n) is 15.9. The highest BCUT2D eigenvalue weighted by atomic mass is 19.1. The van der Waals surface area contributed by atoms with Gasteiger partial charge in [-0.3, -0.25) is 4.79 Å². The number of nitrogens with one attached hydrogen (secondary N) is 2. The highest BCUT2D eigenvalue weighted by molar-refractivity contribution is 5.96. The van der Waals surface area contributed by atoms with Gasteiger partial charge in [0, 0.05) is 16.5 Å². The molecule has 2 aromatic heterocycles. The van der Waals surface area contributed by atoms with Gasteiger partial charge >= 0.3 is 6.09 Å². The van der Waals surface area contributed by atoms with E-state index in [1.165, 1.54) is 18.2 Å². The van der Waals surface area contributed by atoms with Gasteiger partial charge in [0.05, 0.1) is 22.1 Å². The van der Waals surface area contributed by atoms with Crippen LogP contribution in [-0.2, 0) is 0 Å². The molecule has 4 aromatic rings. The number of carbonyl (C=O) groups is 1. The summed E-state index contributed by atoms with van der Waals surface area (Å²) in [5.41, 5.74) is 1.08. The second-order valence-electron chi connectivity index (χ2n) is 7.67. The predicted octanol–water partition coefficient (Wildman–Crippen LogP) is 3.89. The predicted molar refractivity (Wildman–Crippen MR) is 108 cm³/mol. The summed E-state index contributed by atoms with van der Waals surface area (Å²) in [6.07, 6.45) is -1.12. The van der Waals surface area contributed by atoms with Crippen LogP contribution in [-0.4, -0.2) is 36.9 Å². The van der Waals surface area contributed by atoms with Crippen molar-refractivity contribution >= 4 is 33.8 Å². The number of anilines is 1. The van der Waals surface area contributed by atoms with E-state index < -0.39 is 23.0 Å². The van der Waals surface area contributed by atoms with Gasteiger partial charge in [0.15, 0.2) is 0 Å². The number of aromatic amines is 2. The number of hydrogen-bond acceptors (Lipinski definition) is 4. The Balaban J connectivity index is 1.89. The summed E-state index contributed by atoms with van der Waals surface area (Å²) in [7, 11) is 0. The van der Waals surface area contributed by atoms with Crippen LogP contribution in [0.2, 0.25) is 0 Å². The molecule has 148 valence electrons. The fraction of sp³-hybridized carbons (Fsp3) is 0.200. The van der Waals surface area contributed by atoms with E-state index >= 15 is 0 Å². The Bertz CT molecular complexity index is 1320. The molecule has 9 heteroatoms. The van der Waals surface area contributed by atoms with E-state index in [0.29, 0.717) is 33.1 Å². The van der Waals surface area contributed by atoms with E-state index in [2.05, 4.69) is 20.2 Å². The van der Waals surface area contributed by atoms with Gasteiger partial charge < -0.3 is 10.1 Å². The van der Waals surface area contributed by atoms with E-state index in [-0.39, 0.29) is 5.95 Å². The first kappa shape index (κ1) is 18.6. The average Bonchev–Trinajstić information content (AvgIpc) is 3.02. The van der Waals surface area contributed by atoms with Crippen LogP contribution in [0.15, 0.2) is 41.2 Å². The van der Waals surface area contributed by atoms with Crippen molar-refractivity contribution in [2.24, 2.45) is 0 Å². The van der Waals surface area contributed by atoms with Gasteiger partial charge in [0.1, 0.15) is 5.82 Å². The molecule has 2 heterocycles. The van der Waals surface area contributed by atoms with Gasteiger partial charge in [-0.05, 0) is 51.1 Å². The molecule has 2 aromatic carbocycles. The molecule has 0 saturated heterocycles. The zero-order chi connectivity index (χ0) is 20.9. The summed E-state index contributed by atoms with van der Waals surface area (Å²) in [4.78, 5) is 32.3. The van der Waals surface area contributed by atoms with Crippen molar-refractivity contribution in [2.75, 3.05) is 4.90 Å². The van der Waals surface area contributed by atoms with E-state index in [4.69, 9.17) is 0 Å². The van der Waals surface area contributed by atoms with Crippen molar-refractivity contribution in [3.05, 3.63) is 52.6 Å². The van der Waals surface area contributed by atoms with Gasteiger partial charge in [-0.15, -0.1) is 0 Å². The fourth-order valence-electron chi connectivity index (χ4n) is 3.30. The average molecular weight is 395 g/mol. The van der Waals surface area contributed by atoms with Crippen molar-refractivity contribution < 1.29 is 14.3 Å². The molecule has 0 radical (unpaired) electrons. The minimum absolute atomic E-state index is 0.197. The highest BCUT2D eigenvalue weighted by Crippen LogP contribution is 2.29. The van der Waals surface area contributed by atoms with E-state index in [1.807, 2.05) is 0 Å². The lowest BCUT2D eigenvalue weighted by Crippen LogP contribution is -2.45. The molecule has 1 amide bonds. The summed E-state index contributed by atoms with van der Waals surface area (Å²) in [5, 5.41) is 16.8. The molecule has 0 fully saturated rings. The molecule has 0 aliphatic heterocycles. The van der Waals surface area contributed by atoms with Crippen LogP contribution in [0, 0.1) is 5.82 Å². The number of fused-ring (bicyclic) bond motifs is 2. The van der Waals surface area contributed by atoms with Crippen LogP contribution < -0.4 is 10.5 Å². The summed E-state index contributed by atoms with van der Waals surface area (Å²) in [5.74, 6) is -0.277. The molecule has 29 heavy (non-hydrogen) atoms. The maximum Gasteiger partial charge on any atom is 0.414 e. The lowest BCUT2D eigenvalue weighted by molar-refractivity contribution is 0.195. The van der Waals surface area contributed by atoms with Crippen LogP contribution in [0.1, 0.15) is 20.8 Å². The number of rotatable bonds is 2. The van der Waals surface area contributed by atoms with Crippen LogP contribution in [0.3, 0.4) is 0 Å². The summed E-state index contributed by atoms with van der Waals surface area (Å²) >= 11 is 0. The van der Waals surface area contributed by atoms with Gasteiger partial charge in [0.2, 0.25) is 5.95 Å². The molecule has 0 aliphatic carbocycles. The summed E-state index contributed by atoms with van der Waals surface area (Å²) < 4.78 is 13.8. The number of halogens is 1. The third kappa shape index (κ3) is 3.20. The van der Waals surface area contributed by atoms with Gasteiger partial charge in [0.25, 0.3) is 5.56 Å². The van der Waals surface area contributed by atoms with Crippen molar-refractivity contribution in [2.45, 2.75) is 26.3 Å². The molecule has 0 aliphatic rings. The molecule has 4 rings (SSSR count). The molecule has 8 nitrogen and oxygen atoms in total. The summed E-state index contributed by atoms with van der Waals surface area (Å²) in [6.45, 7) is 5.31. The van der Waals surface area contributed by atoms with Crippen molar-refractivity contribution in [3.8, 4) is 11.3 Å². The smallest absolute Gasteiger partial charge is 0.414 e. The number of benzene rings is 2. The first-order chi connectivity index (χ1) is 13.6. The Morgan fingerprint density at radius 3 is 2.59 bits per heavy atom. The number of carboxylic acid groups (broad SMARTS) is 1. The van der Waals surface area contributed by atoms with Crippen LogP contribution in [0.4, 0.5) is 15.1 Å². The molecule has 3 N–H and O–H groups in total. The monoisotopic (exact) mass is 395 g/mol. The Morgan fingerprint density at radius 1 is 1.14 bits per heavy atom. The zero-order valence-corrected chi connectivity index (χ0v) is 15.9. The fourth-order valence-corrected chi connectivity index (χ4v) is 3.30. The highest BCUT2D eigenvalue weighted by Gasteiger charge is 2.30. The lowest BCUT2D eigenvalue weighted by Gasteiger charge is -2.30. The number of H-pyrrole nitrogens is 2. The van der Waals surface area contributed by atoms with Crippen LogP contribution in [0.5, 0.6) is 0 Å². The lowest BCUT2D eigenvalue weighted by atomic mass is 10.0. The number of aromatic nitrogens is 4. The third-order valence-electron chi connectivity index (χ3n) is 4.57. The number of nitrogens with zero attached hydrogens (tertiary/aromatic N) is 3. The number of amides is 1. The first-order valence-electron chi connectivity index (χ1n) is 8.86. The van der Waals surface area contributed by atoms with Gasteiger partial charge in [-0.1, -0.05) is 6.07 Å². The maximum atomic E-state index is 13.8. The third-order valence-corrected chi connectivity index (χ3v) is 4.57. The van der Waals surface area contributed by atoms with Gasteiger partial charge in [-0.25, -0.2) is 24.2 Å². The molecule has 0 bridgehead atoms. The molecular formula is C20H18FN5O3. The second-order valence-corrected chi connectivity index (χ2v) is 7.67. The first-order valence-corrected chi connectivity index (χ1v) is 8.86. The normalized spacial score (nSPS) is 11.9. The SMILES string of the molecule is CC(C)(C)N(C(=O)O)c1nc2ccc(-c3n[nH]c(=O)c4ccc(F)cc34)cc2[nH]1. The number of imidazole rings is 1. The second kappa shape index (κ2) is 6.40. The molecular weight excluding hydrogens is 377 g/mol. The van der Waals surface area contributed by atoms with Gasteiger partial charge in [-0.2, -0.15) is 5.10 Å². The molecule has 0 saturated carbocycles. The molecule has 0 spiro atoms. The number of hydrogen-bond donors (Lipinski definition) is 3.